The van der Waals surface area contributed by atoms with Gasteiger partial charge in [0, 0.05) is 23.7 Å². The molecular formula is C27H38Cl2N2O2. The predicted molar refractivity (Wildman–Crippen MR) is 141 cm³/mol. The van der Waals surface area contributed by atoms with E-state index in [-0.39, 0.29) is 41.7 Å². The number of halogens is 2. The molecule has 1 aliphatic heterocycles. The fourth-order valence-corrected chi connectivity index (χ4v) is 6.05. The summed E-state index contributed by atoms with van der Waals surface area (Å²) < 4.78 is 6.21. The van der Waals surface area contributed by atoms with Crippen LogP contribution in [0.15, 0.2) is 42.5 Å². The number of fused-ring (bicyclic) bond motifs is 4. The summed E-state index contributed by atoms with van der Waals surface area (Å²) in [4.78, 5) is 13.9. The third kappa shape index (κ3) is 4.95. The van der Waals surface area contributed by atoms with Crippen molar-refractivity contribution in [1.29, 1.82) is 0 Å². The molecule has 182 valence electrons. The Balaban J connectivity index is 0.00000193. The highest BCUT2D eigenvalue weighted by Gasteiger charge is 2.56. The van der Waals surface area contributed by atoms with Crippen LogP contribution >= 0.6 is 24.8 Å². The van der Waals surface area contributed by atoms with E-state index >= 15 is 0 Å². The molecule has 4 nitrogen and oxygen atoms in total. The quantitative estimate of drug-likeness (QED) is 0.487. The lowest BCUT2D eigenvalue weighted by Crippen LogP contribution is -2.64. The molecule has 4 rings (SSSR count). The number of hydrogen-bond acceptors (Lipinski definition) is 3. The van der Waals surface area contributed by atoms with E-state index in [9.17, 15) is 4.79 Å². The first kappa shape index (κ1) is 27.7. The van der Waals surface area contributed by atoms with Crippen LogP contribution in [0, 0.1) is 12.3 Å². The monoisotopic (exact) mass is 492 g/mol. The minimum absolute atomic E-state index is 0. The third-order valence-electron chi connectivity index (χ3n) is 8.15. The number of likely N-dealkylation sites (tertiary alicyclic amines) is 1. The number of amides is 1. The molecule has 1 N–H and O–H groups in total. The number of carbonyl (C=O) groups excluding carboxylic acids is 1. The highest BCUT2D eigenvalue weighted by Crippen LogP contribution is 2.57. The van der Waals surface area contributed by atoms with Gasteiger partial charge in [0.05, 0.1) is 12.7 Å². The average Bonchev–Trinajstić information content (AvgIpc) is 2.73. The first-order valence-corrected chi connectivity index (χ1v) is 11.5. The minimum atomic E-state index is 0. The lowest BCUT2D eigenvalue weighted by atomic mass is 9.50. The Morgan fingerprint density at radius 3 is 2.52 bits per heavy atom. The van der Waals surface area contributed by atoms with Crippen molar-refractivity contribution in [2.45, 2.75) is 71.6 Å². The Kier molecular flexibility index (Phi) is 9.03. The van der Waals surface area contributed by atoms with E-state index in [1.807, 2.05) is 6.07 Å². The van der Waals surface area contributed by atoms with Gasteiger partial charge < -0.3 is 10.1 Å². The van der Waals surface area contributed by atoms with Gasteiger partial charge in [-0.25, -0.2) is 0 Å². The van der Waals surface area contributed by atoms with Gasteiger partial charge in [-0.15, -0.1) is 24.8 Å². The van der Waals surface area contributed by atoms with Gasteiger partial charge in [0.25, 0.3) is 0 Å². The van der Waals surface area contributed by atoms with Crippen molar-refractivity contribution in [2.75, 3.05) is 18.4 Å². The lowest BCUT2D eigenvalue weighted by molar-refractivity contribution is -0.105. The van der Waals surface area contributed by atoms with Crippen molar-refractivity contribution in [1.82, 2.24) is 4.90 Å². The Morgan fingerprint density at radius 1 is 1.15 bits per heavy atom. The average molecular weight is 494 g/mol. The summed E-state index contributed by atoms with van der Waals surface area (Å²) >= 11 is 0. The number of rotatable bonds is 7. The topological polar surface area (TPSA) is 41.6 Å². The van der Waals surface area contributed by atoms with Crippen molar-refractivity contribution in [3.8, 4) is 0 Å². The van der Waals surface area contributed by atoms with Crippen molar-refractivity contribution in [2.24, 2.45) is 5.41 Å². The summed E-state index contributed by atoms with van der Waals surface area (Å²) in [6, 6.07) is 15.0. The summed E-state index contributed by atoms with van der Waals surface area (Å²) in [5, 5.41) is 2.97. The highest BCUT2D eigenvalue weighted by atomic mass is 35.5. The van der Waals surface area contributed by atoms with E-state index < -0.39 is 0 Å². The fourth-order valence-electron chi connectivity index (χ4n) is 6.05. The highest BCUT2D eigenvalue weighted by molar-refractivity contribution is 5.85. The van der Waals surface area contributed by atoms with E-state index in [2.05, 4.69) is 81.2 Å². The van der Waals surface area contributed by atoms with Gasteiger partial charge in [-0.1, -0.05) is 57.2 Å². The maximum Gasteiger partial charge on any atom is 0.211 e. The van der Waals surface area contributed by atoms with Crippen LogP contribution < -0.4 is 5.32 Å². The van der Waals surface area contributed by atoms with Crippen molar-refractivity contribution >= 4 is 36.9 Å². The molecule has 2 aliphatic rings. The number of piperidine rings is 1. The summed E-state index contributed by atoms with van der Waals surface area (Å²) in [7, 11) is 0. The van der Waals surface area contributed by atoms with Gasteiger partial charge in [0.2, 0.25) is 6.41 Å². The number of anilines is 1. The summed E-state index contributed by atoms with van der Waals surface area (Å²) in [5.74, 6) is 0. The molecule has 0 radical (unpaired) electrons. The first-order valence-electron chi connectivity index (χ1n) is 11.5. The Morgan fingerprint density at radius 2 is 1.85 bits per heavy atom. The van der Waals surface area contributed by atoms with E-state index in [1.54, 1.807) is 0 Å². The molecule has 0 aromatic heterocycles. The summed E-state index contributed by atoms with van der Waals surface area (Å²) in [6.45, 7) is 14.4. The molecule has 33 heavy (non-hydrogen) atoms. The van der Waals surface area contributed by atoms with Crippen molar-refractivity contribution in [3.05, 3.63) is 64.7 Å². The van der Waals surface area contributed by atoms with Crippen molar-refractivity contribution < 1.29 is 9.53 Å². The molecular weight excluding hydrogens is 455 g/mol. The molecule has 1 heterocycles. The van der Waals surface area contributed by atoms with Crippen LogP contribution in [-0.4, -0.2) is 36.5 Å². The lowest BCUT2D eigenvalue weighted by Gasteiger charge is -2.61. The van der Waals surface area contributed by atoms with E-state index in [0.717, 1.165) is 38.0 Å². The van der Waals surface area contributed by atoms with E-state index in [0.29, 0.717) is 12.6 Å². The first-order chi connectivity index (χ1) is 14.8. The van der Waals surface area contributed by atoms with Crippen LogP contribution in [0.5, 0.6) is 0 Å². The molecule has 1 amide bonds. The molecule has 0 saturated carbocycles. The Bertz CT molecular complexity index is 951. The molecule has 2 aromatic carbocycles. The number of nitrogens with one attached hydrogen (secondary N) is 1. The van der Waals surface area contributed by atoms with E-state index in [4.69, 9.17) is 4.74 Å². The van der Waals surface area contributed by atoms with Crippen molar-refractivity contribution in [3.63, 3.8) is 0 Å². The number of carbonyl (C=O) groups is 1. The second-order valence-corrected chi connectivity index (χ2v) is 10.2. The third-order valence-corrected chi connectivity index (χ3v) is 8.15. The van der Waals surface area contributed by atoms with Gasteiger partial charge in [-0.2, -0.15) is 0 Å². The molecule has 3 unspecified atom stereocenters. The number of aryl methyl sites for hydroxylation is 1. The Labute approximate surface area is 211 Å². The van der Waals surface area contributed by atoms with Crippen LogP contribution in [0.2, 0.25) is 0 Å². The molecule has 1 aliphatic carbocycles. The standard InChI is InChI=1S/C27H36N2O2.2ClH/c1-19-11-12-23(28-18-30)22-15-24-26(3,4)27(5,25(19)22)13-14-29(24)16-20(2)31-17-21-9-7-6-8-10-21;;/h6-12,18,20,24H,13-17H2,1-5H3,(H,28,30);2*1H. The zero-order valence-corrected chi connectivity index (χ0v) is 22.0. The normalized spacial score (nSPS) is 24.0. The molecule has 0 spiro atoms. The second kappa shape index (κ2) is 10.8. The van der Waals surface area contributed by atoms with Crippen LogP contribution in [0.25, 0.3) is 0 Å². The number of ether oxygens (including phenoxy) is 1. The maximum absolute atomic E-state index is 11.3. The summed E-state index contributed by atoms with van der Waals surface area (Å²) in [6.07, 6.45) is 3.04. The van der Waals surface area contributed by atoms with Crippen LogP contribution in [0.3, 0.4) is 0 Å². The number of nitrogens with zero attached hydrogens (tertiary/aromatic N) is 1. The van der Waals surface area contributed by atoms with Crippen LogP contribution in [0.1, 0.15) is 56.4 Å². The maximum atomic E-state index is 11.3. The van der Waals surface area contributed by atoms with Gasteiger partial charge in [-0.05, 0) is 67.0 Å². The Hall–Kier alpha value is -1.59. The SMILES string of the molecule is Cc1ccc(NC=O)c2c1C1(C)CCN(CC(C)OCc3ccccc3)C(C2)C1(C)C.Cl.Cl. The minimum Gasteiger partial charge on any atom is -0.373 e. The second-order valence-electron chi connectivity index (χ2n) is 10.2. The predicted octanol–water partition coefficient (Wildman–Crippen LogP) is 5.93. The van der Waals surface area contributed by atoms with Gasteiger partial charge in [0.1, 0.15) is 0 Å². The number of hydrogen-bond donors (Lipinski definition) is 1. The van der Waals surface area contributed by atoms with Gasteiger partial charge in [-0.3, -0.25) is 9.69 Å². The largest absolute Gasteiger partial charge is 0.373 e. The smallest absolute Gasteiger partial charge is 0.211 e. The number of benzene rings is 2. The zero-order chi connectivity index (χ0) is 22.2. The molecule has 3 atom stereocenters. The molecule has 1 saturated heterocycles. The van der Waals surface area contributed by atoms with Gasteiger partial charge >= 0.3 is 0 Å². The molecule has 6 heteroatoms. The molecule has 2 bridgehead atoms. The summed E-state index contributed by atoms with van der Waals surface area (Å²) in [5.41, 5.74) is 6.51. The van der Waals surface area contributed by atoms with E-state index in [1.165, 1.54) is 22.3 Å². The molecule has 2 aromatic rings. The fraction of sp³-hybridized carbons (Fsp3) is 0.519. The van der Waals surface area contributed by atoms with Gasteiger partial charge in [0.15, 0.2) is 0 Å². The molecule has 1 fully saturated rings. The zero-order valence-electron chi connectivity index (χ0n) is 20.4. The van der Waals surface area contributed by atoms with Crippen LogP contribution in [-0.2, 0) is 28.0 Å². The van der Waals surface area contributed by atoms with Crippen LogP contribution in [0.4, 0.5) is 5.69 Å².